The van der Waals surface area contributed by atoms with E-state index in [-0.39, 0.29) is 0 Å². The van der Waals surface area contributed by atoms with E-state index in [9.17, 15) is 0 Å². The van der Waals surface area contributed by atoms with Crippen molar-refractivity contribution >= 4 is 16.7 Å². The van der Waals surface area contributed by atoms with Gasteiger partial charge in [-0.15, -0.1) is 0 Å². The largest absolute Gasteiger partial charge is 0.266 e. The van der Waals surface area contributed by atoms with Gasteiger partial charge in [0, 0.05) is 11.9 Å². The summed E-state index contributed by atoms with van der Waals surface area (Å²) < 4.78 is 0. The Labute approximate surface area is 76.8 Å². The van der Waals surface area contributed by atoms with Crippen LogP contribution in [0.1, 0.15) is 6.92 Å². The minimum absolute atomic E-state index is 0.751. The normalized spacial score (nSPS) is 10.2. The number of hydrogen-bond donors (Lipinski definition) is 0. The van der Waals surface area contributed by atoms with Gasteiger partial charge in [0.05, 0.1) is 5.52 Å². The summed E-state index contributed by atoms with van der Waals surface area (Å²) >= 11 is 0. The molecular weight excluding hydrogens is 162 g/mol. The monoisotopic (exact) mass is 172 g/mol. The zero-order valence-electron chi connectivity index (χ0n) is 7.44. The van der Waals surface area contributed by atoms with E-state index in [1.165, 1.54) is 0 Å². The van der Waals surface area contributed by atoms with E-state index in [4.69, 9.17) is 0 Å². The van der Waals surface area contributed by atoms with E-state index in [0.717, 1.165) is 23.3 Å². The van der Waals surface area contributed by atoms with E-state index in [1.807, 2.05) is 31.2 Å². The first-order chi connectivity index (χ1) is 6.42. The summed E-state index contributed by atoms with van der Waals surface area (Å²) in [6, 6.07) is 7.89. The van der Waals surface area contributed by atoms with Crippen LogP contribution in [0.5, 0.6) is 0 Å². The fraction of sp³-hybridized carbons (Fsp3) is 0.200. The molecule has 2 rings (SSSR count). The molecule has 0 spiro atoms. The van der Waals surface area contributed by atoms with Gasteiger partial charge in [-0.1, -0.05) is 12.1 Å². The highest BCUT2D eigenvalue weighted by Crippen LogP contribution is 2.17. The molecule has 3 nitrogen and oxygen atoms in total. The molecule has 0 aliphatic heterocycles. The molecule has 1 aromatic carbocycles. The van der Waals surface area contributed by atoms with Crippen LogP contribution in [-0.4, -0.2) is 16.5 Å². The zero-order valence-corrected chi connectivity index (χ0v) is 7.44. The topological polar surface area (TPSA) is 39.9 Å². The van der Waals surface area contributed by atoms with E-state index in [0.29, 0.717) is 0 Å². The van der Waals surface area contributed by atoms with Crippen LogP contribution in [-0.2, 0) is 0 Å². The van der Waals surface area contributed by atoms with Crippen molar-refractivity contribution in [3.63, 3.8) is 0 Å². The summed E-state index contributed by atoms with van der Waals surface area (Å²) in [5, 5.41) is 5.30. The number of benzene rings is 1. The predicted molar refractivity (Wildman–Crippen MR) is 51.9 cm³/mol. The summed E-state index contributed by atoms with van der Waals surface area (Å²) in [4.78, 5) is 8.27. The fourth-order valence-corrected chi connectivity index (χ4v) is 1.27. The lowest BCUT2D eigenvalue weighted by Gasteiger charge is -2.02. The first kappa shape index (κ1) is 7.98. The van der Waals surface area contributed by atoms with Crippen molar-refractivity contribution < 1.29 is 0 Å². The molecule has 0 saturated carbocycles. The van der Waals surface area contributed by atoms with Gasteiger partial charge in [-0.05, 0) is 19.1 Å². The van der Waals surface area contributed by atoms with Gasteiger partial charge in [0.15, 0.2) is 5.82 Å². The highest BCUT2D eigenvalue weighted by atomic mass is 15.0. The number of fused-ring (bicyclic) bond motifs is 1. The van der Waals surface area contributed by atoms with Crippen LogP contribution >= 0.6 is 0 Å². The summed E-state index contributed by atoms with van der Waals surface area (Å²) in [7, 11) is 0. The predicted octanol–water partition coefficient (Wildman–Crippen LogP) is 1.89. The summed E-state index contributed by atoms with van der Waals surface area (Å²) in [5.41, 5.74) is 0.949. The lowest BCUT2D eigenvalue weighted by molar-refractivity contribution is 0.885. The number of rotatable bonds is 2. The van der Waals surface area contributed by atoms with Crippen molar-refractivity contribution in [2.45, 2.75) is 6.92 Å². The van der Waals surface area contributed by atoms with Gasteiger partial charge < -0.3 is 0 Å². The summed E-state index contributed by atoms with van der Waals surface area (Å²) in [5.74, 6) is 0.785. The molecule has 0 bridgehead atoms. The number of para-hydroxylation sites is 1. The number of hydrogen-bond acceptors (Lipinski definition) is 2. The maximum atomic E-state index is 4.28. The summed E-state index contributed by atoms with van der Waals surface area (Å²) in [6.45, 7) is 2.75. The van der Waals surface area contributed by atoms with Crippen LogP contribution in [0.4, 0.5) is 5.82 Å². The maximum Gasteiger partial charge on any atom is 0.158 e. The Morgan fingerprint density at radius 2 is 2.08 bits per heavy atom. The first-order valence-corrected chi connectivity index (χ1v) is 4.29. The van der Waals surface area contributed by atoms with Crippen molar-refractivity contribution in [3.8, 4) is 0 Å². The smallest absolute Gasteiger partial charge is 0.158 e. The molecule has 0 fully saturated rings. The third kappa shape index (κ3) is 1.45. The molecule has 0 atom stereocenters. The lowest BCUT2D eigenvalue weighted by Crippen LogP contribution is -1.98. The van der Waals surface area contributed by atoms with Crippen molar-refractivity contribution in [1.82, 2.24) is 15.3 Å². The molecule has 65 valence electrons. The molecule has 13 heavy (non-hydrogen) atoms. The van der Waals surface area contributed by atoms with Crippen molar-refractivity contribution in [2.24, 2.45) is 0 Å². The second-order valence-electron chi connectivity index (χ2n) is 2.69. The Hall–Kier alpha value is -1.64. The molecule has 1 radical (unpaired) electrons. The molecule has 0 aliphatic rings. The van der Waals surface area contributed by atoms with Gasteiger partial charge in [0.1, 0.15) is 6.33 Å². The SMILES string of the molecule is CC[N]c1ncnc2ccccc12. The van der Waals surface area contributed by atoms with Crippen LogP contribution in [0.25, 0.3) is 10.9 Å². The van der Waals surface area contributed by atoms with Crippen molar-refractivity contribution in [1.29, 1.82) is 0 Å². The Morgan fingerprint density at radius 3 is 2.92 bits per heavy atom. The Balaban J connectivity index is 2.61. The first-order valence-electron chi connectivity index (χ1n) is 4.29. The Morgan fingerprint density at radius 1 is 1.23 bits per heavy atom. The molecule has 0 saturated heterocycles. The molecular formula is C10H10N3. The molecule has 0 amide bonds. The number of aromatic nitrogens is 2. The highest BCUT2D eigenvalue weighted by molar-refractivity contribution is 5.86. The second kappa shape index (κ2) is 3.39. The molecule has 0 aliphatic carbocycles. The van der Waals surface area contributed by atoms with E-state index in [2.05, 4.69) is 15.3 Å². The van der Waals surface area contributed by atoms with E-state index in [1.54, 1.807) is 6.33 Å². The Kier molecular flexibility index (Phi) is 2.08. The van der Waals surface area contributed by atoms with Gasteiger partial charge in [-0.3, -0.25) is 5.32 Å². The van der Waals surface area contributed by atoms with Crippen molar-refractivity contribution in [3.05, 3.63) is 30.6 Å². The molecule has 3 heteroatoms. The van der Waals surface area contributed by atoms with Crippen LogP contribution in [0.15, 0.2) is 30.6 Å². The standard InChI is InChI=1S/C10H10N3/c1-2-11-10-8-5-3-4-6-9(8)12-7-13-10/h3-7H,2H2,1H3. The van der Waals surface area contributed by atoms with Crippen LogP contribution < -0.4 is 5.32 Å². The van der Waals surface area contributed by atoms with Crippen LogP contribution in [0.3, 0.4) is 0 Å². The van der Waals surface area contributed by atoms with Gasteiger partial charge in [-0.25, -0.2) is 9.97 Å². The average Bonchev–Trinajstić information content (AvgIpc) is 2.19. The zero-order chi connectivity index (χ0) is 9.10. The third-order valence-electron chi connectivity index (χ3n) is 1.83. The van der Waals surface area contributed by atoms with Crippen LogP contribution in [0, 0.1) is 0 Å². The van der Waals surface area contributed by atoms with E-state index < -0.39 is 0 Å². The Bertz CT molecular complexity index is 406. The quantitative estimate of drug-likeness (QED) is 0.693. The summed E-state index contributed by atoms with van der Waals surface area (Å²) in [6.07, 6.45) is 1.55. The van der Waals surface area contributed by atoms with Crippen LogP contribution in [0.2, 0.25) is 0 Å². The minimum Gasteiger partial charge on any atom is -0.266 e. The number of nitrogens with zero attached hydrogens (tertiary/aromatic N) is 3. The van der Waals surface area contributed by atoms with Gasteiger partial charge in [-0.2, -0.15) is 0 Å². The van der Waals surface area contributed by atoms with Crippen molar-refractivity contribution in [2.75, 3.05) is 6.54 Å². The second-order valence-corrected chi connectivity index (χ2v) is 2.69. The van der Waals surface area contributed by atoms with Gasteiger partial charge in [0.2, 0.25) is 0 Å². The molecule has 0 unspecified atom stereocenters. The lowest BCUT2D eigenvalue weighted by atomic mass is 10.2. The third-order valence-corrected chi connectivity index (χ3v) is 1.83. The molecule has 1 aromatic heterocycles. The van der Waals surface area contributed by atoms with Gasteiger partial charge in [0.25, 0.3) is 0 Å². The molecule has 0 N–H and O–H groups in total. The highest BCUT2D eigenvalue weighted by Gasteiger charge is 2.00. The fourth-order valence-electron chi connectivity index (χ4n) is 1.27. The van der Waals surface area contributed by atoms with E-state index >= 15 is 0 Å². The molecule has 2 aromatic rings. The minimum atomic E-state index is 0.751. The van der Waals surface area contributed by atoms with Gasteiger partial charge >= 0.3 is 0 Å². The maximum absolute atomic E-state index is 4.28. The average molecular weight is 172 g/mol. The molecule has 1 heterocycles.